The first-order valence-electron chi connectivity index (χ1n) is 14.0. The maximum Gasteiger partial charge on any atom is 0.272 e. The molecule has 0 saturated heterocycles. The number of nitrogens with one attached hydrogen (secondary N) is 1. The molecule has 0 atom stereocenters. The van der Waals surface area contributed by atoms with Crippen molar-refractivity contribution < 1.29 is 4.79 Å². The summed E-state index contributed by atoms with van der Waals surface area (Å²) < 4.78 is 2.17. The van der Waals surface area contributed by atoms with Gasteiger partial charge in [-0.2, -0.15) is 0 Å². The molecule has 0 unspecified atom stereocenters. The van der Waals surface area contributed by atoms with Crippen LogP contribution in [0.25, 0.3) is 10.9 Å². The first-order chi connectivity index (χ1) is 19.9. The number of hydrogen-bond acceptors (Lipinski definition) is 2. The van der Waals surface area contributed by atoms with E-state index in [0.717, 1.165) is 52.7 Å². The molecule has 0 saturated carbocycles. The van der Waals surface area contributed by atoms with Crippen LogP contribution in [0.1, 0.15) is 52.0 Å². The van der Waals surface area contributed by atoms with E-state index < -0.39 is 0 Å². The van der Waals surface area contributed by atoms with E-state index in [1.165, 1.54) is 5.56 Å². The van der Waals surface area contributed by atoms with Crippen molar-refractivity contribution in [3.05, 3.63) is 135 Å². The SMILES string of the molecule is CCCc1ccc(NC(=O)c2c(C(c3ccc(Cl)cc3)c3ccc(Cl)cc3)c3ccccc3n2CCN(C)C)cc1.Cl. The predicted molar refractivity (Wildman–Crippen MR) is 180 cm³/mol. The zero-order valence-electron chi connectivity index (χ0n) is 24.1. The highest BCUT2D eigenvalue weighted by atomic mass is 35.5. The maximum atomic E-state index is 14.4. The predicted octanol–water partition coefficient (Wildman–Crippen LogP) is 9.32. The highest BCUT2D eigenvalue weighted by molar-refractivity contribution is 6.30. The second-order valence-corrected chi connectivity index (χ2v) is 11.5. The van der Waals surface area contributed by atoms with E-state index in [0.29, 0.717) is 22.3 Å². The Kier molecular flexibility index (Phi) is 10.7. The largest absolute Gasteiger partial charge is 0.335 e. The number of nitrogens with zero attached hydrogens (tertiary/aromatic N) is 2. The zero-order valence-corrected chi connectivity index (χ0v) is 26.4. The second kappa shape index (κ2) is 14.3. The minimum atomic E-state index is -0.220. The molecular formula is C35H36Cl3N3O. The molecule has 1 aromatic heterocycles. The van der Waals surface area contributed by atoms with E-state index in [1.54, 1.807) is 0 Å². The monoisotopic (exact) mass is 619 g/mol. The Morgan fingerprint density at radius 1 is 0.833 bits per heavy atom. The number of anilines is 1. The molecule has 0 aliphatic heterocycles. The summed E-state index contributed by atoms with van der Waals surface area (Å²) in [5.74, 6) is -0.353. The fraction of sp³-hybridized carbons (Fsp3) is 0.229. The zero-order chi connectivity index (χ0) is 28.9. The molecule has 42 heavy (non-hydrogen) atoms. The topological polar surface area (TPSA) is 37.3 Å². The number of halogens is 3. The number of likely N-dealkylation sites (N-methyl/N-ethyl adjacent to an activating group) is 1. The van der Waals surface area contributed by atoms with Crippen LogP contribution < -0.4 is 5.32 Å². The van der Waals surface area contributed by atoms with Gasteiger partial charge in [-0.05, 0) is 79.7 Å². The fourth-order valence-electron chi connectivity index (χ4n) is 5.47. The Hall–Kier alpha value is -3.28. The van der Waals surface area contributed by atoms with Gasteiger partial charge < -0.3 is 14.8 Å². The van der Waals surface area contributed by atoms with Crippen LogP contribution in [0.4, 0.5) is 5.69 Å². The number of amides is 1. The highest BCUT2D eigenvalue weighted by Gasteiger charge is 2.30. The van der Waals surface area contributed by atoms with E-state index >= 15 is 0 Å². The average Bonchev–Trinajstić information content (AvgIpc) is 3.29. The molecule has 5 aromatic rings. The number of rotatable bonds is 10. The van der Waals surface area contributed by atoms with Gasteiger partial charge in [-0.1, -0.05) is 91.1 Å². The van der Waals surface area contributed by atoms with E-state index in [1.807, 2.05) is 72.8 Å². The number of hydrogen-bond donors (Lipinski definition) is 1. The van der Waals surface area contributed by atoms with Crippen molar-refractivity contribution in [2.75, 3.05) is 26.0 Å². The molecule has 0 aliphatic rings. The molecule has 0 spiro atoms. The van der Waals surface area contributed by atoms with Crippen molar-refractivity contribution >= 4 is 58.1 Å². The molecule has 4 aromatic carbocycles. The normalized spacial score (nSPS) is 11.2. The summed E-state index contributed by atoms with van der Waals surface area (Å²) >= 11 is 12.6. The molecule has 0 bridgehead atoms. The van der Waals surface area contributed by atoms with Crippen LogP contribution in [0.3, 0.4) is 0 Å². The van der Waals surface area contributed by atoms with E-state index in [4.69, 9.17) is 23.2 Å². The Balaban J connectivity index is 0.00000405. The van der Waals surface area contributed by atoms with Crippen molar-refractivity contribution in [3.63, 3.8) is 0 Å². The molecule has 1 amide bonds. The van der Waals surface area contributed by atoms with Gasteiger partial charge in [0.25, 0.3) is 5.91 Å². The van der Waals surface area contributed by atoms with Crippen LogP contribution in [-0.4, -0.2) is 36.0 Å². The Morgan fingerprint density at radius 3 is 1.95 bits per heavy atom. The van der Waals surface area contributed by atoms with Gasteiger partial charge in [0.1, 0.15) is 5.69 Å². The average molecular weight is 621 g/mol. The number of fused-ring (bicyclic) bond motifs is 1. The van der Waals surface area contributed by atoms with Crippen molar-refractivity contribution in [1.82, 2.24) is 9.47 Å². The molecule has 5 rings (SSSR count). The number of para-hydroxylation sites is 1. The van der Waals surface area contributed by atoms with Gasteiger partial charge in [0.15, 0.2) is 0 Å². The quantitative estimate of drug-likeness (QED) is 0.169. The lowest BCUT2D eigenvalue weighted by molar-refractivity contribution is 0.101. The summed E-state index contributed by atoms with van der Waals surface area (Å²) in [4.78, 5) is 16.5. The molecule has 1 N–H and O–H groups in total. The van der Waals surface area contributed by atoms with Crippen LogP contribution in [-0.2, 0) is 13.0 Å². The number of benzene rings is 4. The lowest BCUT2D eigenvalue weighted by Gasteiger charge is -2.22. The first-order valence-corrected chi connectivity index (χ1v) is 14.8. The van der Waals surface area contributed by atoms with E-state index in [-0.39, 0.29) is 24.2 Å². The van der Waals surface area contributed by atoms with Crippen molar-refractivity contribution in [1.29, 1.82) is 0 Å². The summed E-state index contributed by atoms with van der Waals surface area (Å²) in [7, 11) is 4.10. The van der Waals surface area contributed by atoms with Gasteiger partial charge in [0.2, 0.25) is 0 Å². The fourth-order valence-corrected chi connectivity index (χ4v) is 5.72. The molecule has 218 valence electrons. The number of carbonyl (C=O) groups is 1. The smallest absolute Gasteiger partial charge is 0.272 e. The number of aryl methyl sites for hydroxylation is 1. The van der Waals surface area contributed by atoms with Gasteiger partial charge in [-0.25, -0.2) is 0 Å². The molecule has 4 nitrogen and oxygen atoms in total. The van der Waals surface area contributed by atoms with E-state index in [2.05, 4.69) is 60.1 Å². The molecule has 7 heteroatoms. The van der Waals surface area contributed by atoms with Crippen LogP contribution >= 0.6 is 35.6 Å². The molecule has 1 heterocycles. The summed E-state index contributed by atoms with van der Waals surface area (Å²) in [6.07, 6.45) is 2.10. The van der Waals surface area contributed by atoms with Gasteiger partial charge in [0, 0.05) is 51.2 Å². The van der Waals surface area contributed by atoms with Crippen LogP contribution in [0, 0.1) is 0 Å². The minimum Gasteiger partial charge on any atom is -0.335 e. The third-order valence-corrected chi connectivity index (χ3v) is 7.95. The molecular weight excluding hydrogens is 585 g/mol. The molecule has 0 radical (unpaired) electrons. The van der Waals surface area contributed by atoms with Crippen molar-refractivity contribution in [2.45, 2.75) is 32.2 Å². The Morgan fingerprint density at radius 2 is 1.40 bits per heavy atom. The highest BCUT2D eigenvalue weighted by Crippen LogP contribution is 2.41. The van der Waals surface area contributed by atoms with Gasteiger partial charge in [-0.15, -0.1) is 12.4 Å². The summed E-state index contributed by atoms with van der Waals surface area (Å²) in [6, 6.07) is 32.2. The van der Waals surface area contributed by atoms with Crippen LogP contribution in [0.2, 0.25) is 10.0 Å². The third kappa shape index (κ3) is 7.02. The van der Waals surface area contributed by atoms with Gasteiger partial charge in [0.05, 0.1) is 0 Å². The number of carbonyl (C=O) groups excluding carboxylic acids is 1. The van der Waals surface area contributed by atoms with Crippen LogP contribution in [0.5, 0.6) is 0 Å². The van der Waals surface area contributed by atoms with Crippen LogP contribution in [0.15, 0.2) is 97.1 Å². The maximum absolute atomic E-state index is 14.4. The Bertz CT molecular complexity index is 1580. The first kappa shape index (κ1) is 31.7. The van der Waals surface area contributed by atoms with Gasteiger partial charge >= 0.3 is 0 Å². The van der Waals surface area contributed by atoms with Crippen molar-refractivity contribution in [2.24, 2.45) is 0 Å². The second-order valence-electron chi connectivity index (χ2n) is 10.7. The lowest BCUT2D eigenvalue weighted by Crippen LogP contribution is -2.24. The Labute approximate surface area is 264 Å². The lowest BCUT2D eigenvalue weighted by atomic mass is 9.83. The number of aromatic nitrogens is 1. The third-order valence-electron chi connectivity index (χ3n) is 7.44. The molecule has 0 fully saturated rings. The van der Waals surface area contributed by atoms with E-state index in [9.17, 15) is 4.79 Å². The van der Waals surface area contributed by atoms with Crippen molar-refractivity contribution in [3.8, 4) is 0 Å². The standard InChI is InChI=1S/C35H35Cl2N3O.ClH/c1-4-7-24-10-20-29(21-11-24)38-35(41)34-33(30-8-5-6-9-31(30)40(34)23-22-39(2)3)32(25-12-16-27(36)17-13-25)26-14-18-28(37)19-15-26;/h5-6,8-21,32H,4,7,22-23H2,1-3H3,(H,38,41);1H. The summed E-state index contributed by atoms with van der Waals surface area (Å²) in [6.45, 7) is 3.62. The minimum absolute atomic E-state index is 0. The van der Waals surface area contributed by atoms with Gasteiger partial charge in [-0.3, -0.25) is 4.79 Å². The summed E-state index contributed by atoms with van der Waals surface area (Å²) in [5.41, 5.74) is 6.78. The molecule has 0 aliphatic carbocycles. The summed E-state index contributed by atoms with van der Waals surface area (Å²) in [5, 5.41) is 5.60.